The van der Waals surface area contributed by atoms with E-state index in [-0.39, 0.29) is 12.4 Å². The number of aliphatic hydroxyl groups excluding tert-OH is 2. The Morgan fingerprint density at radius 1 is 0.914 bits per heavy atom. The van der Waals surface area contributed by atoms with Crippen LogP contribution in [0.25, 0.3) is 22.0 Å². The lowest BCUT2D eigenvalue weighted by atomic mass is 10.0. The molecule has 1 atom stereocenters. The van der Waals surface area contributed by atoms with Crippen molar-refractivity contribution in [2.75, 3.05) is 26.2 Å². The number of hydrogen-bond donors (Lipinski definition) is 2. The number of benzene rings is 3. The van der Waals surface area contributed by atoms with Crippen LogP contribution < -0.4 is 4.74 Å². The molecular weight excluding hydrogens is 443 g/mol. The monoisotopic (exact) mass is 476 g/mol. The minimum Gasteiger partial charge on any atom is -0.457 e. The Labute approximate surface area is 206 Å². The van der Waals surface area contributed by atoms with Crippen molar-refractivity contribution < 1.29 is 19.3 Å². The molecule has 4 rings (SSSR count). The Morgan fingerprint density at radius 2 is 1.54 bits per heavy atom. The van der Waals surface area contributed by atoms with Crippen LogP contribution in [0.5, 0.6) is 11.5 Å². The molecule has 0 aliphatic carbocycles. The van der Waals surface area contributed by atoms with Gasteiger partial charge in [0.2, 0.25) is 0 Å². The van der Waals surface area contributed by atoms with Crippen LogP contribution in [0.2, 0.25) is 0 Å². The highest BCUT2D eigenvalue weighted by Gasteiger charge is 2.14. The number of aliphatic hydroxyl groups is 2. The van der Waals surface area contributed by atoms with Crippen molar-refractivity contribution in [3.05, 3.63) is 84.3 Å². The number of halogens is 1. The first-order chi connectivity index (χ1) is 17.0. The largest absolute Gasteiger partial charge is 0.457 e. The maximum Gasteiger partial charge on any atom is 0.127 e. The first kappa shape index (κ1) is 24.9. The summed E-state index contributed by atoms with van der Waals surface area (Å²) in [6.07, 6.45) is 1.72. The van der Waals surface area contributed by atoms with Crippen LogP contribution in [0.4, 0.5) is 4.39 Å². The predicted octanol–water partition coefficient (Wildman–Crippen LogP) is 5.48. The van der Waals surface area contributed by atoms with Crippen molar-refractivity contribution >= 4 is 10.9 Å². The fraction of sp³-hybridized carbons (Fsp3) is 0.310. The number of rotatable bonds is 11. The quantitative estimate of drug-likeness (QED) is 0.301. The summed E-state index contributed by atoms with van der Waals surface area (Å²) >= 11 is 0. The van der Waals surface area contributed by atoms with Crippen molar-refractivity contribution in [1.29, 1.82) is 0 Å². The summed E-state index contributed by atoms with van der Waals surface area (Å²) in [5, 5.41) is 20.6. The average Bonchev–Trinajstić information content (AvgIpc) is 3.22. The van der Waals surface area contributed by atoms with Crippen LogP contribution >= 0.6 is 0 Å². The van der Waals surface area contributed by atoms with E-state index >= 15 is 0 Å². The standard InChI is InChI=1S/C29H33FN2O3/c1-3-31(4-2)15-16-32-19-23(17-25(34)20-33)28-18-22(7-14-29(28)32)21-5-10-26(11-6-21)35-27-12-8-24(30)9-13-27/h5-14,18-19,25,33-34H,3-4,15-17,20H2,1-2H3/t25-/m0/s1. The van der Waals surface area contributed by atoms with Crippen LogP contribution in [0.15, 0.2) is 72.9 Å². The molecule has 35 heavy (non-hydrogen) atoms. The van der Waals surface area contributed by atoms with Gasteiger partial charge in [-0.3, -0.25) is 0 Å². The minimum absolute atomic E-state index is 0.263. The molecule has 0 amide bonds. The number of ether oxygens (including phenoxy) is 1. The second kappa shape index (κ2) is 11.5. The molecule has 6 heteroatoms. The zero-order valence-electron chi connectivity index (χ0n) is 20.3. The summed E-state index contributed by atoms with van der Waals surface area (Å²) in [5.74, 6) is 0.963. The van der Waals surface area contributed by atoms with Crippen molar-refractivity contribution in [2.24, 2.45) is 0 Å². The van der Waals surface area contributed by atoms with Gasteiger partial charge in [0, 0.05) is 36.6 Å². The Morgan fingerprint density at radius 3 is 2.17 bits per heavy atom. The van der Waals surface area contributed by atoms with E-state index < -0.39 is 6.10 Å². The van der Waals surface area contributed by atoms with Gasteiger partial charge < -0.3 is 24.4 Å². The van der Waals surface area contributed by atoms with Gasteiger partial charge in [-0.1, -0.05) is 32.0 Å². The third kappa shape index (κ3) is 6.09. The SMILES string of the molecule is CCN(CC)CCn1cc(C[C@H](O)CO)c2cc(-c3ccc(Oc4ccc(F)cc4)cc3)ccc21. The molecule has 1 aromatic heterocycles. The number of likely N-dealkylation sites (N-methyl/N-ethyl adjacent to an activating group) is 1. The van der Waals surface area contributed by atoms with Crippen molar-refractivity contribution in [3.63, 3.8) is 0 Å². The molecule has 0 unspecified atom stereocenters. The molecular formula is C29H33FN2O3. The van der Waals surface area contributed by atoms with Crippen LogP contribution in [-0.4, -0.2) is 52.0 Å². The number of aromatic nitrogens is 1. The van der Waals surface area contributed by atoms with Gasteiger partial charge in [-0.25, -0.2) is 4.39 Å². The summed E-state index contributed by atoms with van der Waals surface area (Å²) in [5.41, 5.74) is 4.26. The smallest absolute Gasteiger partial charge is 0.127 e. The number of fused-ring (bicyclic) bond motifs is 1. The Kier molecular flexibility index (Phi) is 8.18. The van der Waals surface area contributed by atoms with E-state index in [9.17, 15) is 14.6 Å². The Balaban J connectivity index is 1.60. The molecule has 3 aromatic carbocycles. The van der Waals surface area contributed by atoms with Gasteiger partial charge in [0.05, 0.1) is 12.7 Å². The van der Waals surface area contributed by atoms with Gasteiger partial charge in [-0.05, 0) is 78.3 Å². The van der Waals surface area contributed by atoms with Gasteiger partial charge in [-0.2, -0.15) is 0 Å². The topological polar surface area (TPSA) is 57.9 Å². The van der Waals surface area contributed by atoms with E-state index in [0.29, 0.717) is 17.9 Å². The van der Waals surface area contributed by atoms with E-state index in [1.165, 1.54) is 12.1 Å². The zero-order chi connectivity index (χ0) is 24.8. The molecule has 184 valence electrons. The fourth-order valence-electron chi connectivity index (χ4n) is 4.36. The molecule has 1 heterocycles. The fourth-order valence-corrected chi connectivity index (χ4v) is 4.36. The van der Waals surface area contributed by atoms with E-state index in [2.05, 4.69) is 47.7 Å². The van der Waals surface area contributed by atoms with Crippen molar-refractivity contribution in [2.45, 2.75) is 32.9 Å². The summed E-state index contributed by atoms with van der Waals surface area (Å²) < 4.78 is 21.2. The van der Waals surface area contributed by atoms with Gasteiger partial charge in [0.15, 0.2) is 0 Å². The van der Waals surface area contributed by atoms with E-state index in [1.54, 1.807) is 12.1 Å². The second-order valence-electron chi connectivity index (χ2n) is 8.73. The highest BCUT2D eigenvalue weighted by Crippen LogP contribution is 2.31. The first-order valence-electron chi connectivity index (χ1n) is 12.2. The van der Waals surface area contributed by atoms with E-state index in [4.69, 9.17) is 4.74 Å². The summed E-state index contributed by atoms with van der Waals surface area (Å²) in [6.45, 7) is 7.91. The molecule has 0 radical (unpaired) electrons. The molecule has 2 N–H and O–H groups in total. The van der Waals surface area contributed by atoms with Crippen molar-refractivity contribution in [3.8, 4) is 22.6 Å². The van der Waals surface area contributed by atoms with Crippen LogP contribution in [-0.2, 0) is 13.0 Å². The molecule has 0 aliphatic heterocycles. The third-order valence-corrected chi connectivity index (χ3v) is 6.42. The summed E-state index contributed by atoms with van der Waals surface area (Å²) in [7, 11) is 0. The molecule has 0 saturated carbocycles. The molecule has 0 bridgehead atoms. The van der Waals surface area contributed by atoms with Crippen LogP contribution in [0.3, 0.4) is 0 Å². The normalized spacial score (nSPS) is 12.4. The number of hydrogen-bond acceptors (Lipinski definition) is 4. The predicted molar refractivity (Wildman–Crippen MR) is 138 cm³/mol. The first-order valence-corrected chi connectivity index (χ1v) is 12.2. The highest BCUT2D eigenvalue weighted by molar-refractivity contribution is 5.88. The zero-order valence-corrected chi connectivity index (χ0v) is 20.3. The second-order valence-corrected chi connectivity index (χ2v) is 8.73. The lowest BCUT2D eigenvalue weighted by Crippen LogP contribution is -2.26. The third-order valence-electron chi connectivity index (χ3n) is 6.42. The van der Waals surface area contributed by atoms with Crippen LogP contribution in [0, 0.1) is 5.82 Å². The maximum atomic E-state index is 13.1. The molecule has 0 aliphatic rings. The van der Waals surface area contributed by atoms with Gasteiger partial charge >= 0.3 is 0 Å². The molecule has 0 spiro atoms. The van der Waals surface area contributed by atoms with Gasteiger partial charge in [0.25, 0.3) is 0 Å². The molecule has 0 saturated heterocycles. The van der Waals surface area contributed by atoms with E-state index in [1.807, 2.05) is 24.3 Å². The summed E-state index contributed by atoms with van der Waals surface area (Å²) in [6, 6.07) is 20.1. The maximum absolute atomic E-state index is 13.1. The Hall–Kier alpha value is -3.19. The average molecular weight is 477 g/mol. The van der Waals surface area contributed by atoms with Crippen LogP contribution in [0.1, 0.15) is 19.4 Å². The summed E-state index contributed by atoms with van der Waals surface area (Å²) in [4.78, 5) is 2.39. The molecule has 0 fully saturated rings. The van der Waals surface area contributed by atoms with Gasteiger partial charge in [-0.15, -0.1) is 0 Å². The van der Waals surface area contributed by atoms with Gasteiger partial charge in [0.1, 0.15) is 17.3 Å². The van der Waals surface area contributed by atoms with E-state index in [0.717, 1.165) is 53.8 Å². The lowest BCUT2D eigenvalue weighted by Gasteiger charge is -2.18. The Bertz CT molecular complexity index is 1230. The molecule has 5 nitrogen and oxygen atoms in total. The van der Waals surface area contributed by atoms with Crippen molar-refractivity contribution in [1.82, 2.24) is 9.47 Å². The minimum atomic E-state index is -0.789. The molecule has 4 aromatic rings. The highest BCUT2D eigenvalue weighted by atomic mass is 19.1. The lowest BCUT2D eigenvalue weighted by molar-refractivity contribution is 0.0957. The number of nitrogens with zero attached hydrogens (tertiary/aromatic N) is 2.